The first-order chi connectivity index (χ1) is 14.5. The minimum atomic E-state index is -0.944. The lowest BCUT2D eigenvalue weighted by atomic mass is 9.94. The Bertz CT molecular complexity index is 1040. The van der Waals surface area contributed by atoms with Crippen LogP contribution in [0.15, 0.2) is 54.7 Å². The molecule has 0 spiro atoms. The summed E-state index contributed by atoms with van der Waals surface area (Å²) in [6.07, 6.45) is 2.63. The standard InChI is InChI=1S/C23H24N2O5/c26-22(27)16-8-10-25(11-9-16)21(23(28)29)19-13-24-20-7-6-17(12-18(19)20)30-14-15-4-2-1-3-5-15/h1-7,12-13,16,21,24H,8-11,14H2,(H,26,27)(H,28,29)/t21-/m1/s1. The Kier molecular flexibility index (Phi) is 5.72. The molecule has 1 aliphatic rings. The van der Waals surface area contributed by atoms with Crippen molar-refractivity contribution in [1.82, 2.24) is 9.88 Å². The minimum absolute atomic E-state index is 0.406. The Balaban J connectivity index is 1.57. The van der Waals surface area contributed by atoms with Crippen LogP contribution in [0.4, 0.5) is 0 Å². The first-order valence-electron chi connectivity index (χ1n) is 10.0. The molecule has 0 radical (unpaired) electrons. The Morgan fingerprint density at radius 2 is 1.83 bits per heavy atom. The first kappa shape index (κ1) is 20.0. The zero-order valence-corrected chi connectivity index (χ0v) is 16.5. The molecule has 0 amide bonds. The summed E-state index contributed by atoms with van der Waals surface area (Å²) in [7, 11) is 0. The van der Waals surface area contributed by atoms with Crippen molar-refractivity contribution in [2.24, 2.45) is 5.92 Å². The highest BCUT2D eigenvalue weighted by molar-refractivity contribution is 5.90. The van der Waals surface area contributed by atoms with Crippen molar-refractivity contribution in [3.63, 3.8) is 0 Å². The zero-order valence-electron chi connectivity index (χ0n) is 16.5. The highest BCUT2D eigenvalue weighted by atomic mass is 16.5. The molecule has 7 nitrogen and oxygen atoms in total. The summed E-state index contributed by atoms with van der Waals surface area (Å²) in [5.74, 6) is -1.49. The number of H-pyrrole nitrogens is 1. The second-order valence-electron chi connectivity index (χ2n) is 7.61. The normalized spacial score (nSPS) is 16.4. The molecule has 1 aromatic heterocycles. The van der Waals surface area contributed by atoms with E-state index in [1.807, 2.05) is 53.4 Å². The molecule has 1 saturated heterocycles. The van der Waals surface area contributed by atoms with Gasteiger partial charge in [-0.05, 0) is 36.6 Å². The number of carbonyl (C=O) groups is 2. The highest BCUT2D eigenvalue weighted by Gasteiger charge is 2.34. The van der Waals surface area contributed by atoms with Gasteiger partial charge in [-0.3, -0.25) is 14.5 Å². The number of aromatic amines is 1. The maximum atomic E-state index is 12.1. The number of ether oxygens (including phenoxy) is 1. The predicted octanol–water partition coefficient (Wildman–Crippen LogP) is 3.67. The average Bonchev–Trinajstić information content (AvgIpc) is 3.16. The van der Waals surface area contributed by atoms with Crippen LogP contribution in [0.5, 0.6) is 5.75 Å². The predicted molar refractivity (Wildman–Crippen MR) is 111 cm³/mol. The fourth-order valence-corrected chi connectivity index (χ4v) is 4.07. The maximum Gasteiger partial charge on any atom is 0.325 e. The SMILES string of the molecule is O=C(O)C1CCN([C@@H](C(=O)O)c2c[nH]c3ccc(OCc4ccccc4)cc23)CC1. The summed E-state index contributed by atoms with van der Waals surface area (Å²) in [5.41, 5.74) is 2.55. The molecular weight excluding hydrogens is 384 g/mol. The molecule has 4 rings (SSSR count). The molecule has 30 heavy (non-hydrogen) atoms. The van der Waals surface area contributed by atoms with E-state index < -0.39 is 23.9 Å². The van der Waals surface area contributed by atoms with Gasteiger partial charge in [0.05, 0.1) is 5.92 Å². The number of hydrogen-bond donors (Lipinski definition) is 3. The number of fused-ring (bicyclic) bond motifs is 1. The summed E-state index contributed by atoms with van der Waals surface area (Å²) in [6.45, 7) is 1.30. The average molecular weight is 408 g/mol. The number of aromatic nitrogens is 1. The number of rotatable bonds is 7. The van der Waals surface area contributed by atoms with Crippen molar-refractivity contribution in [1.29, 1.82) is 0 Å². The van der Waals surface area contributed by atoms with E-state index in [0.717, 1.165) is 16.5 Å². The van der Waals surface area contributed by atoms with Crippen molar-refractivity contribution in [3.8, 4) is 5.75 Å². The second-order valence-corrected chi connectivity index (χ2v) is 7.61. The number of aliphatic carboxylic acids is 2. The van der Waals surface area contributed by atoms with E-state index in [1.54, 1.807) is 6.20 Å². The summed E-state index contributed by atoms with van der Waals surface area (Å²) in [6, 6.07) is 14.6. The van der Waals surface area contributed by atoms with Crippen LogP contribution >= 0.6 is 0 Å². The first-order valence-corrected chi connectivity index (χ1v) is 10.0. The van der Waals surface area contributed by atoms with Gasteiger partial charge in [0.15, 0.2) is 0 Å². The fraction of sp³-hybridized carbons (Fsp3) is 0.304. The molecular formula is C23H24N2O5. The van der Waals surface area contributed by atoms with Crippen LogP contribution in [-0.4, -0.2) is 45.1 Å². The zero-order chi connectivity index (χ0) is 21.1. The number of carboxylic acid groups (broad SMARTS) is 2. The number of likely N-dealkylation sites (tertiary alicyclic amines) is 1. The molecule has 3 aromatic rings. The Labute approximate surface area is 173 Å². The van der Waals surface area contributed by atoms with Crippen molar-refractivity contribution >= 4 is 22.8 Å². The quantitative estimate of drug-likeness (QED) is 0.551. The van der Waals surface area contributed by atoms with Crippen LogP contribution in [0.1, 0.15) is 30.0 Å². The van der Waals surface area contributed by atoms with Crippen LogP contribution in [0.3, 0.4) is 0 Å². The number of benzene rings is 2. The second kappa shape index (κ2) is 8.59. The third-order valence-electron chi connectivity index (χ3n) is 5.71. The van der Waals surface area contributed by atoms with Crippen molar-refractivity contribution in [3.05, 3.63) is 65.9 Å². The van der Waals surface area contributed by atoms with E-state index in [9.17, 15) is 19.8 Å². The number of nitrogens with one attached hydrogen (secondary N) is 1. The van der Waals surface area contributed by atoms with E-state index >= 15 is 0 Å². The third-order valence-corrected chi connectivity index (χ3v) is 5.71. The van der Waals surface area contributed by atoms with Gasteiger partial charge >= 0.3 is 11.9 Å². The number of carboxylic acids is 2. The van der Waals surface area contributed by atoms with Crippen LogP contribution in [-0.2, 0) is 16.2 Å². The van der Waals surface area contributed by atoms with E-state index in [1.165, 1.54) is 0 Å². The Morgan fingerprint density at radius 3 is 2.50 bits per heavy atom. The number of piperidine rings is 1. The highest BCUT2D eigenvalue weighted by Crippen LogP contribution is 2.33. The summed E-state index contributed by atoms with van der Waals surface area (Å²) in [4.78, 5) is 28.4. The number of nitrogens with zero attached hydrogens (tertiary/aromatic N) is 1. The van der Waals surface area contributed by atoms with Crippen LogP contribution in [0.25, 0.3) is 10.9 Å². The van der Waals surface area contributed by atoms with Gasteiger partial charge in [-0.15, -0.1) is 0 Å². The minimum Gasteiger partial charge on any atom is -0.489 e. The molecule has 2 heterocycles. The fourth-order valence-electron chi connectivity index (χ4n) is 4.07. The van der Waals surface area contributed by atoms with E-state index in [-0.39, 0.29) is 0 Å². The largest absolute Gasteiger partial charge is 0.489 e. The topological polar surface area (TPSA) is 103 Å². The van der Waals surface area contributed by atoms with Gasteiger partial charge in [0, 0.05) is 35.8 Å². The molecule has 2 aromatic carbocycles. The molecule has 0 bridgehead atoms. The summed E-state index contributed by atoms with van der Waals surface area (Å²) < 4.78 is 5.91. The van der Waals surface area contributed by atoms with Gasteiger partial charge in [0.25, 0.3) is 0 Å². The maximum absolute atomic E-state index is 12.1. The monoisotopic (exact) mass is 408 g/mol. The van der Waals surface area contributed by atoms with E-state index in [2.05, 4.69) is 4.98 Å². The number of hydrogen-bond acceptors (Lipinski definition) is 4. The lowest BCUT2D eigenvalue weighted by Gasteiger charge is -2.34. The molecule has 1 atom stereocenters. The third kappa shape index (κ3) is 4.16. The van der Waals surface area contributed by atoms with Crippen LogP contribution in [0.2, 0.25) is 0 Å². The van der Waals surface area contributed by atoms with Gasteiger partial charge in [-0.1, -0.05) is 30.3 Å². The van der Waals surface area contributed by atoms with Crippen LogP contribution < -0.4 is 4.74 Å². The molecule has 3 N–H and O–H groups in total. The molecule has 0 aliphatic carbocycles. The molecule has 0 saturated carbocycles. The molecule has 1 aliphatic heterocycles. The molecule has 0 unspecified atom stereocenters. The van der Waals surface area contributed by atoms with Crippen LogP contribution in [0, 0.1) is 5.92 Å². The summed E-state index contributed by atoms with van der Waals surface area (Å²) >= 11 is 0. The van der Waals surface area contributed by atoms with Gasteiger partial charge in [-0.2, -0.15) is 0 Å². The Morgan fingerprint density at radius 1 is 1.10 bits per heavy atom. The van der Waals surface area contributed by atoms with Gasteiger partial charge < -0.3 is 19.9 Å². The van der Waals surface area contributed by atoms with Crippen molar-refractivity contribution in [2.45, 2.75) is 25.5 Å². The molecule has 156 valence electrons. The lowest BCUT2D eigenvalue weighted by molar-refractivity contribution is -0.146. The van der Waals surface area contributed by atoms with E-state index in [0.29, 0.717) is 43.9 Å². The van der Waals surface area contributed by atoms with E-state index in [4.69, 9.17) is 4.74 Å². The Hall–Kier alpha value is -3.32. The molecule has 7 heteroatoms. The summed E-state index contributed by atoms with van der Waals surface area (Å²) in [5, 5.41) is 20.0. The smallest absolute Gasteiger partial charge is 0.325 e. The van der Waals surface area contributed by atoms with Crippen molar-refractivity contribution in [2.75, 3.05) is 13.1 Å². The molecule has 1 fully saturated rings. The van der Waals surface area contributed by atoms with Crippen molar-refractivity contribution < 1.29 is 24.5 Å². The van der Waals surface area contributed by atoms with Gasteiger partial charge in [0.1, 0.15) is 18.4 Å². The lowest BCUT2D eigenvalue weighted by Crippen LogP contribution is -2.41. The van der Waals surface area contributed by atoms with Gasteiger partial charge in [0.2, 0.25) is 0 Å². The van der Waals surface area contributed by atoms with Gasteiger partial charge in [-0.25, -0.2) is 0 Å².